The van der Waals surface area contributed by atoms with Crippen molar-refractivity contribution in [3.63, 3.8) is 0 Å². The van der Waals surface area contributed by atoms with Crippen molar-refractivity contribution in [1.29, 1.82) is 0 Å². The number of halogens is 2. The normalized spacial score (nSPS) is 23.8. The summed E-state index contributed by atoms with van der Waals surface area (Å²) in [5, 5.41) is 9.05. The molecule has 0 saturated heterocycles. The van der Waals surface area contributed by atoms with E-state index >= 15 is 0 Å². The molecule has 0 bridgehead atoms. The molecule has 0 heterocycles. The summed E-state index contributed by atoms with van der Waals surface area (Å²) in [5.41, 5.74) is 8.94. The molecule has 0 aliphatic heterocycles. The van der Waals surface area contributed by atoms with E-state index in [-0.39, 0.29) is 10.6 Å². The van der Waals surface area contributed by atoms with Gasteiger partial charge in [-0.05, 0) is 22.0 Å². The summed E-state index contributed by atoms with van der Waals surface area (Å²) in [6.45, 7) is 0. The van der Waals surface area contributed by atoms with Gasteiger partial charge >= 0.3 is 5.71 Å². The van der Waals surface area contributed by atoms with Gasteiger partial charge in [-0.1, -0.05) is 15.9 Å². The summed E-state index contributed by atoms with van der Waals surface area (Å²) in [6, 6.07) is 0. The van der Waals surface area contributed by atoms with E-state index in [2.05, 4.69) is 36.6 Å². The minimum Gasteiger partial charge on any atom is -0.508 e. The SMILES string of the molecule is [N-]=[N+]=C1C(Br)=CC(O)=CC1Br. The molecule has 0 radical (unpaired) electrons. The fourth-order valence-electron chi connectivity index (χ4n) is 0.715. The van der Waals surface area contributed by atoms with Crippen LogP contribution < -0.4 is 0 Å². The summed E-state index contributed by atoms with van der Waals surface area (Å²) in [7, 11) is 0. The van der Waals surface area contributed by atoms with Crippen LogP contribution in [0.15, 0.2) is 22.4 Å². The fraction of sp³-hybridized carbons (Fsp3) is 0.167. The first-order chi connectivity index (χ1) is 5.15. The zero-order valence-electron chi connectivity index (χ0n) is 5.33. The highest BCUT2D eigenvalue weighted by Gasteiger charge is 2.26. The van der Waals surface area contributed by atoms with E-state index in [4.69, 9.17) is 10.6 Å². The van der Waals surface area contributed by atoms with Crippen molar-refractivity contribution in [3.8, 4) is 0 Å². The molecule has 1 aliphatic rings. The summed E-state index contributed by atoms with van der Waals surface area (Å²) in [4.78, 5) is 2.80. The van der Waals surface area contributed by atoms with Crippen molar-refractivity contribution in [3.05, 3.63) is 27.9 Å². The lowest BCUT2D eigenvalue weighted by Crippen LogP contribution is -2.16. The maximum absolute atomic E-state index is 9.05. The third-order valence-electron chi connectivity index (χ3n) is 1.21. The van der Waals surface area contributed by atoms with Crippen molar-refractivity contribution in [2.45, 2.75) is 4.83 Å². The number of allylic oxidation sites excluding steroid dienone is 3. The second kappa shape index (κ2) is 3.34. The standard InChI is InChI=1S/C6H4Br2N2O/c7-4-1-3(11)2-5(8)6(4)10-9/h1-2,4,11H. The Labute approximate surface area is 80.3 Å². The van der Waals surface area contributed by atoms with Crippen molar-refractivity contribution >= 4 is 37.6 Å². The largest absolute Gasteiger partial charge is 0.508 e. The van der Waals surface area contributed by atoms with E-state index in [1.165, 1.54) is 12.2 Å². The Morgan fingerprint density at radius 1 is 1.64 bits per heavy atom. The molecule has 1 atom stereocenters. The molecule has 0 saturated carbocycles. The maximum atomic E-state index is 9.05. The number of alkyl halides is 1. The number of aliphatic hydroxyl groups excluding tert-OH is 1. The first-order valence-electron chi connectivity index (χ1n) is 2.79. The van der Waals surface area contributed by atoms with Gasteiger partial charge in [-0.2, -0.15) is 4.79 Å². The third-order valence-corrected chi connectivity index (χ3v) is 2.54. The van der Waals surface area contributed by atoms with Gasteiger partial charge in [-0.15, -0.1) is 0 Å². The average molecular weight is 280 g/mol. The van der Waals surface area contributed by atoms with E-state index in [1.807, 2.05) is 0 Å². The zero-order valence-corrected chi connectivity index (χ0v) is 8.50. The molecule has 5 heteroatoms. The van der Waals surface area contributed by atoms with Crippen LogP contribution in [0.2, 0.25) is 0 Å². The Hall–Kier alpha value is -0.380. The summed E-state index contributed by atoms with van der Waals surface area (Å²) < 4.78 is 0.571. The van der Waals surface area contributed by atoms with Crippen molar-refractivity contribution < 1.29 is 9.90 Å². The van der Waals surface area contributed by atoms with Gasteiger partial charge in [-0.3, -0.25) is 0 Å². The van der Waals surface area contributed by atoms with Crippen molar-refractivity contribution in [1.82, 2.24) is 0 Å². The molecule has 0 amide bonds. The molecule has 1 rings (SSSR count). The van der Waals surface area contributed by atoms with Crippen LogP contribution in [0.4, 0.5) is 0 Å². The van der Waals surface area contributed by atoms with E-state index < -0.39 is 0 Å². The Morgan fingerprint density at radius 3 is 2.73 bits per heavy atom. The average Bonchev–Trinajstić information content (AvgIpc) is 1.85. The number of hydrogen-bond acceptors (Lipinski definition) is 1. The Bertz CT molecular complexity index is 289. The molecule has 3 nitrogen and oxygen atoms in total. The van der Waals surface area contributed by atoms with Crippen LogP contribution in [0, 0.1) is 0 Å². The van der Waals surface area contributed by atoms with Gasteiger partial charge in [0.25, 0.3) is 0 Å². The topological polar surface area (TPSA) is 56.6 Å². The molecule has 58 valence electrons. The molecule has 0 fully saturated rings. The molecule has 0 aromatic carbocycles. The second-order valence-electron chi connectivity index (χ2n) is 1.97. The number of rotatable bonds is 0. The maximum Gasteiger partial charge on any atom is 0.323 e. The monoisotopic (exact) mass is 278 g/mol. The highest BCUT2D eigenvalue weighted by molar-refractivity contribution is 9.12. The number of nitrogens with zero attached hydrogens (tertiary/aromatic N) is 2. The van der Waals surface area contributed by atoms with Gasteiger partial charge in [0.2, 0.25) is 0 Å². The van der Waals surface area contributed by atoms with Gasteiger partial charge in [0.05, 0.1) is 0 Å². The lowest BCUT2D eigenvalue weighted by atomic mass is 10.1. The quantitative estimate of drug-likeness (QED) is 0.412. The summed E-state index contributed by atoms with van der Waals surface area (Å²) >= 11 is 6.33. The highest BCUT2D eigenvalue weighted by Crippen LogP contribution is 2.22. The summed E-state index contributed by atoms with van der Waals surface area (Å²) in [6.07, 6.45) is 2.99. The lowest BCUT2D eigenvalue weighted by molar-refractivity contribution is -0.00521. The second-order valence-corrected chi connectivity index (χ2v) is 3.81. The van der Waals surface area contributed by atoms with E-state index in [0.717, 1.165) is 0 Å². The summed E-state index contributed by atoms with van der Waals surface area (Å²) in [5.74, 6) is 0.145. The zero-order chi connectivity index (χ0) is 8.43. The fourth-order valence-corrected chi connectivity index (χ4v) is 2.19. The molecule has 1 aliphatic carbocycles. The van der Waals surface area contributed by atoms with Crippen LogP contribution in [0.5, 0.6) is 0 Å². The first-order valence-corrected chi connectivity index (χ1v) is 4.50. The number of hydrogen-bond donors (Lipinski definition) is 1. The van der Waals surface area contributed by atoms with Gasteiger partial charge in [-0.25, -0.2) is 0 Å². The predicted octanol–water partition coefficient (Wildman–Crippen LogP) is 2.16. The minimum absolute atomic E-state index is 0.145. The lowest BCUT2D eigenvalue weighted by Gasteiger charge is -2.04. The van der Waals surface area contributed by atoms with Crippen LogP contribution in [-0.4, -0.2) is 20.4 Å². The van der Waals surface area contributed by atoms with Crippen LogP contribution >= 0.6 is 31.9 Å². The molecular weight excluding hydrogens is 276 g/mol. The predicted molar refractivity (Wildman–Crippen MR) is 49.1 cm³/mol. The van der Waals surface area contributed by atoms with Crippen LogP contribution in [0.3, 0.4) is 0 Å². The third kappa shape index (κ3) is 1.80. The molecule has 1 N–H and O–H groups in total. The van der Waals surface area contributed by atoms with Crippen molar-refractivity contribution in [2.75, 3.05) is 0 Å². The van der Waals surface area contributed by atoms with Gasteiger partial charge < -0.3 is 10.6 Å². The van der Waals surface area contributed by atoms with Crippen molar-refractivity contribution in [2.24, 2.45) is 0 Å². The molecule has 1 unspecified atom stereocenters. The van der Waals surface area contributed by atoms with Gasteiger partial charge in [0, 0.05) is 6.08 Å². The number of aliphatic hydroxyl groups is 1. The van der Waals surface area contributed by atoms with Crippen LogP contribution in [0.25, 0.3) is 5.53 Å². The molecular formula is C6H4Br2N2O. The van der Waals surface area contributed by atoms with Crippen LogP contribution in [-0.2, 0) is 0 Å². The minimum atomic E-state index is -0.244. The van der Waals surface area contributed by atoms with Gasteiger partial charge in [0.1, 0.15) is 15.1 Å². The Balaban J connectivity index is 3.10. The molecule has 0 aromatic rings. The van der Waals surface area contributed by atoms with E-state index in [0.29, 0.717) is 10.2 Å². The highest BCUT2D eigenvalue weighted by atomic mass is 79.9. The Kier molecular flexibility index (Phi) is 2.65. The smallest absolute Gasteiger partial charge is 0.323 e. The molecule has 11 heavy (non-hydrogen) atoms. The van der Waals surface area contributed by atoms with E-state index in [9.17, 15) is 0 Å². The molecule has 0 spiro atoms. The molecule has 0 aromatic heterocycles. The Morgan fingerprint density at radius 2 is 2.27 bits per heavy atom. The van der Waals surface area contributed by atoms with E-state index in [1.54, 1.807) is 0 Å². The van der Waals surface area contributed by atoms with Crippen LogP contribution in [0.1, 0.15) is 0 Å². The van der Waals surface area contributed by atoms with Gasteiger partial charge in [0.15, 0.2) is 0 Å². The first kappa shape index (κ1) is 8.71.